The molecule has 0 N–H and O–H groups in total. The van der Waals surface area contributed by atoms with Gasteiger partial charge < -0.3 is 0 Å². The van der Waals surface area contributed by atoms with Crippen LogP contribution in [0.2, 0.25) is 5.02 Å². The van der Waals surface area contributed by atoms with Crippen LogP contribution in [0.1, 0.15) is 17.7 Å². The molecule has 3 rings (SSSR count). The van der Waals surface area contributed by atoms with Gasteiger partial charge in [0.05, 0.1) is 0 Å². The molecule has 0 aliphatic carbocycles. The summed E-state index contributed by atoms with van der Waals surface area (Å²) in [5, 5.41) is 9.90. The first-order chi connectivity index (χ1) is 11.1. The summed E-state index contributed by atoms with van der Waals surface area (Å²) in [6.45, 7) is 0.855. The van der Waals surface area contributed by atoms with Crippen molar-refractivity contribution in [3.8, 4) is 6.07 Å². The number of hydrogen-bond acceptors (Lipinski definition) is 4. The molecule has 0 radical (unpaired) electrons. The molecule has 23 heavy (non-hydrogen) atoms. The molecule has 0 spiro atoms. The van der Waals surface area contributed by atoms with E-state index in [4.69, 9.17) is 11.6 Å². The third kappa shape index (κ3) is 3.07. The maximum Gasteiger partial charge on any atom is 0.331 e. The van der Waals surface area contributed by atoms with Gasteiger partial charge in [-0.25, -0.2) is 4.79 Å². The smallest absolute Gasteiger partial charge is 0.296 e. The van der Waals surface area contributed by atoms with Crippen LogP contribution in [-0.4, -0.2) is 14.9 Å². The van der Waals surface area contributed by atoms with Gasteiger partial charge in [-0.15, -0.1) is 11.8 Å². The van der Waals surface area contributed by atoms with Crippen LogP contribution in [0.3, 0.4) is 0 Å². The normalized spacial score (nSPS) is 12.9. The Balaban J connectivity index is 1.84. The van der Waals surface area contributed by atoms with E-state index in [1.54, 1.807) is 16.7 Å². The molecule has 5 nitrogen and oxygen atoms in total. The molecule has 0 saturated carbocycles. The first-order valence-corrected chi connectivity index (χ1v) is 8.63. The van der Waals surface area contributed by atoms with Crippen LogP contribution in [-0.2, 0) is 19.5 Å². The highest BCUT2D eigenvalue weighted by Gasteiger charge is 2.22. The molecule has 0 unspecified atom stereocenters. The van der Waals surface area contributed by atoms with Crippen LogP contribution in [0.5, 0.6) is 0 Å². The van der Waals surface area contributed by atoms with Crippen LogP contribution < -0.4 is 11.2 Å². The Bertz CT molecular complexity index is 894. The van der Waals surface area contributed by atoms with E-state index in [0.29, 0.717) is 29.4 Å². The summed E-state index contributed by atoms with van der Waals surface area (Å²) >= 11 is 7.38. The third-order valence-electron chi connectivity index (χ3n) is 3.84. The number of fused-ring (bicyclic) bond motifs is 1. The largest absolute Gasteiger partial charge is 0.331 e. The molecule has 0 fully saturated rings. The van der Waals surface area contributed by atoms with Crippen molar-refractivity contribution in [1.82, 2.24) is 9.13 Å². The van der Waals surface area contributed by atoms with E-state index < -0.39 is 5.56 Å². The van der Waals surface area contributed by atoms with E-state index in [9.17, 15) is 14.9 Å². The Morgan fingerprint density at radius 2 is 2.00 bits per heavy atom. The van der Waals surface area contributed by atoms with Crippen LogP contribution >= 0.6 is 23.4 Å². The zero-order valence-electron chi connectivity index (χ0n) is 12.3. The molecule has 1 aromatic carbocycles. The molecular formula is C16H14ClN3O2S. The van der Waals surface area contributed by atoms with E-state index in [1.165, 1.54) is 16.3 Å². The summed E-state index contributed by atoms with van der Waals surface area (Å²) in [5.74, 6) is 0.570. The minimum Gasteiger partial charge on any atom is -0.296 e. The lowest BCUT2D eigenvalue weighted by Crippen LogP contribution is -2.42. The van der Waals surface area contributed by atoms with Gasteiger partial charge in [0.1, 0.15) is 11.6 Å². The van der Waals surface area contributed by atoms with Gasteiger partial charge in [-0.3, -0.25) is 13.9 Å². The third-order valence-corrected chi connectivity index (χ3v) is 5.08. The maximum atomic E-state index is 12.4. The van der Waals surface area contributed by atoms with E-state index in [2.05, 4.69) is 0 Å². The summed E-state index contributed by atoms with van der Waals surface area (Å²) in [4.78, 5) is 25.8. The van der Waals surface area contributed by atoms with Gasteiger partial charge >= 0.3 is 5.69 Å². The summed E-state index contributed by atoms with van der Waals surface area (Å²) < 4.78 is 2.74. The van der Waals surface area contributed by atoms with Gasteiger partial charge in [0.25, 0.3) is 5.56 Å². The molecular weight excluding hydrogens is 334 g/mol. The predicted octanol–water partition coefficient (Wildman–Crippen LogP) is 2.27. The Hall–Kier alpha value is -1.97. The zero-order chi connectivity index (χ0) is 16.4. The fourth-order valence-corrected chi connectivity index (χ4v) is 3.70. The number of hydrogen-bond donors (Lipinski definition) is 0. The van der Waals surface area contributed by atoms with Gasteiger partial charge in [0.2, 0.25) is 0 Å². The van der Waals surface area contributed by atoms with Crippen molar-refractivity contribution >= 4 is 23.4 Å². The van der Waals surface area contributed by atoms with Crippen molar-refractivity contribution in [1.29, 1.82) is 5.26 Å². The summed E-state index contributed by atoms with van der Waals surface area (Å²) in [6, 6.07) is 9.35. The predicted molar refractivity (Wildman–Crippen MR) is 90.2 cm³/mol. The van der Waals surface area contributed by atoms with Crippen LogP contribution in [0.15, 0.2) is 38.8 Å². The minimum atomic E-state index is -0.470. The van der Waals surface area contributed by atoms with E-state index in [1.807, 2.05) is 18.2 Å². The van der Waals surface area contributed by atoms with E-state index in [-0.39, 0.29) is 17.8 Å². The second-order valence-electron chi connectivity index (χ2n) is 5.23. The number of thioether (sulfide) groups is 1. The highest BCUT2D eigenvalue weighted by atomic mass is 35.5. The molecule has 0 amide bonds. The highest BCUT2D eigenvalue weighted by molar-refractivity contribution is 7.99. The lowest BCUT2D eigenvalue weighted by molar-refractivity contribution is 0.592. The van der Waals surface area contributed by atoms with Crippen LogP contribution in [0.25, 0.3) is 0 Å². The molecule has 1 aliphatic rings. The quantitative estimate of drug-likeness (QED) is 0.796. The molecule has 0 bridgehead atoms. The first kappa shape index (κ1) is 15.9. The monoisotopic (exact) mass is 347 g/mol. The molecule has 2 heterocycles. The standard InChI is InChI=1S/C16H14ClN3O2S/c17-11-3-5-12(6-4-11)23-9-8-20-15(21)13(10-18)14-2-1-7-19(14)16(20)22/h3-6H,1-2,7-9H2. The Kier molecular flexibility index (Phi) is 4.60. The van der Waals surface area contributed by atoms with Gasteiger partial charge in [-0.05, 0) is 37.1 Å². The second kappa shape index (κ2) is 6.65. The lowest BCUT2D eigenvalue weighted by atomic mass is 10.2. The maximum absolute atomic E-state index is 12.4. The van der Waals surface area contributed by atoms with Crippen molar-refractivity contribution in [3.63, 3.8) is 0 Å². The number of rotatable bonds is 4. The average molecular weight is 348 g/mol. The number of halogens is 1. The summed E-state index contributed by atoms with van der Waals surface area (Å²) in [5.41, 5.74) is -0.0803. The van der Waals surface area contributed by atoms with E-state index >= 15 is 0 Å². The molecule has 7 heteroatoms. The molecule has 1 aliphatic heterocycles. The van der Waals surface area contributed by atoms with Gasteiger partial charge in [-0.2, -0.15) is 5.26 Å². The summed E-state index contributed by atoms with van der Waals surface area (Å²) in [6.07, 6.45) is 1.42. The zero-order valence-corrected chi connectivity index (χ0v) is 13.9. The average Bonchev–Trinajstić information content (AvgIpc) is 3.02. The molecule has 0 saturated heterocycles. The van der Waals surface area contributed by atoms with E-state index in [0.717, 1.165) is 11.3 Å². The van der Waals surface area contributed by atoms with Crippen molar-refractivity contribution in [2.45, 2.75) is 30.8 Å². The van der Waals surface area contributed by atoms with Gasteiger partial charge in [-0.1, -0.05) is 11.6 Å². The minimum absolute atomic E-state index is 0.110. The fourth-order valence-electron chi connectivity index (χ4n) is 2.73. The number of nitriles is 1. The van der Waals surface area contributed by atoms with Crippen molar-refractivity contribution in [3.05, 3.63) is 61.4 Å². The number of benzene rings is 1. The Morgan fingerprint density at radius 3 is 2.70 bits per heavy atom. The fraction of sp³-hybridized carbons (Fsp3) is 0.312. The molecule has 1 aromatic heterocycles. The van der Waals surface area contributed by atoms with Crippen molar-refractivity contribution < 1.29 is 0 Å². The van der Waals surface area contributed by atoms with Crippen LogP contribution in [0, 0.1) is 11.3 Å². The number of nitrogens with zero attached hydrogens (tertiary/aromatic N) is 3. The van der Waals surface area contributed by atoms with Crippen molar-refractivity contribution in [2.75, 3.05) is 5.75 Å². The lowest BCUT2D eigenvalue weighted by Gasteiger charge is -2.10. The molecule has 118 valence electrons. The SMILES string of the molecule is N#Cc1c2n(c(=O)n(CCSc3ccc(Cl)cc3)c1=O)CCC2. The number of aromatic nitrogens is 2. The van der Waals surface area contributed by atoms with Gasteiger partial charge in [0, 0.05) is 34.5 Å². The second-order valence-corrected chi connectivity index (χ2v) is 6.84. The van der Waals surface area contributed by atoms with Crippen molar-refractivity contribution in [2.24, 2.45) is 0 Å². The Morgan fingerprint density at radius 1 is 1.26 bits per heavy atom. The summed E-state index contributed by atoms with van der Waals surface area (Å²) in [7, 11) is 0. The van der Waals surface area contributed by atoms with Gasteiger partial charge in [0.15, 0.2) is 0 Å². The molecule has 2 aromatic rings. The highest BCUT2D eigenvalue weighted by Crippen LogP contribution is 2.20. The molecule has 0 atom stereocenters. The topological polar surface area (TPSA) is 67.8 Å². The Labute approximate surface area is 142 Å². The first-order valence-electron chi connectivity index (χ1n) is 7.27. The van der Waals surface area contributed by atoms with Crippen LogP contribution in [0.4, 0.5) is 0 Å².